The van der Waals surface area contributed by atoms with Gasteiger partial charge in [0.2, 0.25) is 0 Å². The van der Waals surface area contributed by atoms with Crippen molar-refractivity contribution in [3.05, 3.63) is 73.1 Å². The number of fused-ring (bicyclic) bond motifs is 1. The maximum absolute atomic E-state index is 12.6. The quantitative estimate of drug-likeness (QED) is 0.223. The van der Waals surface area contributed by atoms with Gasteiger partial charge in [-0.3, -0.25) is 9.05 Å². The first-order valence-corrected chi connectivity index (χ1v) is 13.8. The van der Waals surface area contributed by atoms with Crippen molar-refractivity contribution in [2.45, 2.75) is 19.9 Å². The molecule has 0 saturated carbocycles. The Morgan fingerprint density at radius 3 is 2.49 bits per heavy atom. The second-order valence-electron chi connectivity index (χ2n) is 8.35. The number of phosphoric acid groups is 1. The average Bonchev–Trinajstić information content (AvgIpc) is 2.93. The molecule has 3 aromatic carbocycles. The molecule has 5 rings (SSSR count). The molecule has 202 valence electrons. The molecule has 0 radical (unpaired) electrons. The molecule has 4 aromatic rings. The fourth-order valence-corrected chi connectivity index (χ4v) is 5.06. The fourth-order valence-electron chi connectivity index (χ4n) is 3.88. The Morgan fingerprint density at radius 1 is 1.00 bits per heavy atom. The van der Waals surface area contributed by atoms with Crippen LogP contribution in [0.2, 0.25) is 0 Å². The third kappa shape index (κ3) is 6.28. The predicted molar refractivity (Wildman–Crippen MR) is 146 cm³/mol. The zero-order valence-corrected chi connectivity index (χ0v) is 22.2. The van der Waals surface area contributed by atoms with Crippen LogP contribution in [0, 0.1) is 0 Å². The molecule has 2 N–H and O–H groups in total. The standard InChI is InChI=1S/C27H27N4O7P/c1-3-34-25-15-22-21(14-23(25)31-24-16-36-39(33,35-4-2)38-27(24)32)26(29-17-28-22)30-18-10-12-20(13-11-18)37-19-8-6-5-7-9-19/h5-15,17,24,31H,3-4,16H2,1-2H3,(H,28,29,30). The monoisotopic (exact) mass is 550 g/mol. The van der Waals surface area contributed by atoms with Crippen molar-refractivity contribution in [2.75, 3.05) is 30.5 Å². The van der Waals surface area contributed by atoms with Crippen LogP contribution in [0.5, 0.6) is 17.2 Å². The van der Waals surface area contributed by atoms with E-state index in [0.29, 0.717) is 40.5 Å². The Kier molecular flexibility index (Phi) is 7.92. The van der Waals surface area contributed by atoms with Crippen LogP contribution in [0.4, 0.5) is 17.2 Å². The number of phosphoric ester groups is 1. The van der Waals surface area contributed by atoms with Crippen molar-refractivity contribution in [3.8, 4) is 17.2 Å². The van der Waals surface area contributed by atoms with Crippen molar-refractivity contribution < 1.29 is 32.4 Å². The van der Waals surface area contributed by atoms with Gasteiger partial charge in [0.1, 0.15) is 35.4 Å². The lowest BCUT2D eigenvalue weighted by molar-refractivity contribution is -0.141. The second-order valence-corrected chi connectivity index (χ2v) is 9.95. The van der Waals surface area contributed by atoms with E-state index in [-0.39, 0.29) is 13.2 Å². The van der Waals surface area contributed by atoms with Crippen molar-refractivity contribution in [2.24, 2.45) is 0 Å². The maximum atomic E-state index is 12.6. The van der Waals surface area contributed by atoms with Gasteiger partial charge in [-0.25, -0.2) is 19.3 Å². The van der Waals surface area contributed by atoms with Crippen molar-refractivity contribution in [3.63, 3.8) is 0 Å². The number of carbonyl (C=O) groups is 1. The Morgan fingerprint density at radius 2 is 1.77 bits per heavy atom. The van der Waals surface area contributed by atoms with Gasteiger partial charge in [0.15, 0.2) is 0 Å². The molecule has 2 heterocycles. The van der Waals surface area contributed by atoms with E-state index < -0.39 is 19.8 Å². The van der Waals surface area contributed by atoms with E-state index in [0.717, 1.165) is 11.4 Å². The number of carbonyl (C=O) groups excluding carboxylic acids is 1. The zero-order valence-electron chi connectivity index (χ0n) is 21.3. The molecule has 2 atom stereocenters. The summed E-state index contributed by atoms with van der Waals surface area (Å²) in [5, 5.41) is 7.06. The summed E-state index contributed by atoms with van der Waals surface area (Å²) in [6, 6.07) is 19.6. The van der Waals surface area contributed by atoms with Gasteiger partial charge >= 0.3 is 13.8 Å². The molecule has 1 saturated heterocycles. The third-order valence-electron chi connectivity index (χ3n) is 5.64. The number of anilines is 3. The first-order chi connectivity index (χ1) is 19.0. The maximum Gasteiger partial charge on any atom is 0.532 e. The van der Waals surface area contributed by atoms with E-state index in [2.05, 4.69) is 20.6 Å². The highest BCUT2D eigenvalue weighted by molar-refractivity contribution is 7.49. The molecule has 1 aliphatic rings. The summed E-state index contributed by atoms with van der Waals surface area (Å²) in [5.41, 5.74) is 1.91. The van der Waals surface area contributed by atoms with Crippen molar-refractivity contribution in [1.29, 1.82) is 0 Å². The van der Waals surface area contributed by atoms with E-state index in [1.165, 1.54) is 6.33 Å². The van der Waals surface area contributed by atoms with Gasteiger partial charge in [-0.1, -0.05) is 18.2 Å². The van der Waals surface area contributed by atoms with Gasteiger partial charge in [-0.05, 0) is 56.3 Å². The molecule has 1 fully saturated rings. The van der Waals surface area contributed by atoms with Crippen LogP contribution in [0.15, 0.2) is 73.1 Å². The predicted octanol–water partition coefficient (Wildman–Crippen LogP) is 6.06. The Labute approximate surface area is 225 Å². The van der Waals surface area contributed by atoms with Gasteiger partial charge in [-0.2, -0.15) is 0 Å². The number of hydrogen-bond donors (Lipinski definition) is 2. The van der Waals surface area contributed by atoms with Gasteiger partial charge in [-0.15, -0.1) is 0 Å². The van der Waals surface area contributed by atoms with E-state index in [1.807, 2.05) is 61.5 Å². The van der Waals surface area contributed by atoms with Crippen LogP contribution in [0.3, 0.4) is 0 Å². The Hall–Kier alpha value is -4.18. The van der Waals surface area contributed by atoms with Crippen LogP contribution >= 0.6 is 7.82 Å². The minimum atomic E-state index is -3.91. The molecule has 0 aliphatic carbocycles. The summed E-state index contributed by atoms with van der Waals surface area (Å²) in [6.45, 7) is 3.75. The molecule has 39 heavy (non-hydrogen) atoms. The number of nitrogens with one attached hydrogen (secondary N) is 2. The molecule has 0 amide bonds. The van der Waals surface area contributed by atoms with Crippen LogP contribution in [-0.2, 0) is 22.9 Å². The Bertz CT molecular complexity index is 1500. The third-order valence-corrected chi connectivity index (χ3v) is 7.08. The number of nitrogens with zero attached hydrogens (tertiary/aromatic N) is 2. The van der Waals surface area contributed by atoms with Gasteiger partial charge in [0, 0.05) is 17.1 Å². The van der Waals surface area contributed by atoms with Gasteiger partial charge in [0.05, 0.1) is 31.0 Å². The lowest BCUT2D eigenvalue weighted by Crippen LogP contribution is -2.39. The first kappa shape index (κ1) is 26.4. The summed E-state index contributed by atoms with van der Waals surface area (Å²) in [7, 11) is -3.91. The van der Waals surface area contributed by atoms with Crippen LogP contribution < -0.4 is 20.1 Å². The molecule has 12 heteroatoms. The number of hydrogen-bond acceptors (Lipinski definition) is 11. The highest BCUT2D eigenvalue weighted by Crippen LogP contribution is 2.52. The van der Waals surface area contributed by atoms with Crippen LogP contribution in [0.1, 0.15) is 13.8 Å². The highest BCUT2D eigenvalue weighted by atomic mass is 31.2. The molecule has 0 bridgehead atoms. The number of para-hydroxylation sites is 1. The zero-order chi connectivity index (χ0) is 27.2. The average molecular weight is 551 g/mol. The summed E-state index contributed by atoms with van der Waals surface area (Å²) in [6.07, 6.45) is 1.46. The number of benzene rings is 3. The second kappa shape index (κ2) is 11.7. The minimum Gasteiger partial charge on any atom is -0.492 e. The smallest absolute Gasteiger partial charge is 0.492 e. The van der Waals surface area contributed by atoms with Crippen molar-refractivity contribution in [1.82, 2.24) is 9.97 Å². The highest BCUT2D eigenvalue weighted by Gasteiger charge is 2.41. The lowest BCUT2D eigenvalue weighted by atomic mass is 10.1. The summed E-state index contributed by atoms with van der Waals surface area (Å²) in [4.78, 5) is 21.4. The normalized spacial score (nSPS) is 18.8. The molecule has 2 unspecified atom stereocenters. The molecular weight excluding hydrogens is 523 g/mol. The summed E-state index contributed by atoms with van der Waals surface area (Å²) in [5.74, 6) is 1.72. The number of rotatable bonds is 10. The van der Waals surface area contributed by atoms with Gasteiger partial charge in [0.25, 0.3) is 0 Å². The van der Waals surface area contributed by atoms with Crippen LogP contribution in [-0.4, -0.2) is 41.8 Å². The SMILES string of the molecule is CCOc1cc2ncnc(Nc3ccc(Oc4ccccc4)cc3)c2cc1NC1COP(=O)(OCC)OC1=O. The first-order valence-electron chi connectivity index (χ1n) is 12.4. The van der Waals surface area contributed by atoms with E-state index in [9.17, 15) is 9.36 Å². The Balaban J connectivity index is 1.38. The fraction of sp³-hybridized carbons (Fsp3) is 0.222. The molecule has 11 nitrogen and oxygen atoms in total. The van der Waals surface area contributed by atoms with E-state index >= 15 is 0 Å². The lowest BCUT2D eigenvalue weighted by Gasteiger charge is -2.28. The molecule has 1 aromatic heterocycles. The number of aromatic nitrogens is 2. The minimum absolute atomic E-state index is 0.0837. The van der Waals surface area contributed by atoms with Crippen molar-refractivity contribution >= 4 is 41.9 Å². The number of ether oxygens (including phenoxy) is 2. The van der Waals surface area contributed by atoms with Crippen LogP contribution in [0.25, 0.3) is 10.9 Å². The van der Waals surface area contributed by atoms with Gasteiger partial charge < -0.3 is 24.6 Å². The van der Waals surface area contributed by atoms with E-state index in [1.54, 1.807) is 19.1 Å². The largest absolute Gasteiger partial charge is 0.532 e. The molecular formula is C27H27N4O7P. The summed E-state index contributed by atoms with van der Waals surface area (Å²) >= 11 is 0. The summed E-state index contributed by atoms with van der Waals surface area (Å²) < 4.78 is 39.2. The molecule has 1 aliphatic heterocycles. The topological polar surface area (TPSA) is 130 Å². The van der Waals surface area contributed by atoms with E-state index in [4.69, 9.17) is 23.0 Å². The molecule has 0 spiro atoms.